The van der Waals surface area contributed by atoms with Crippen molar-refractivity contribution < 1.29 is 18.0 Å². The molecule has 7 nitrogen and oxygen atoms in total. The van der Waals surface area contributed by atoms with Gasteiger partial charge in [0, 0.05) is 28.7 Å². The van der Waals surface area contributed by atoms with E-state index in [9.17, 15) is 18.0 Å². The number of sulfonamides is 1. The van der Waals surface area contributed by atoms with E-state index in [1.165, 1.54) is 4.90 Å². The molecule has 2 aromatic carbocycles. The number of carbonyl (C=O) groups is 2. The fourth-order valence-electron chi connectivity index (χ4n) is 3.90. The molecule has 0 aromatic heterocycles. The smallest absolute Gasteiger partial charge is 0.244 e. The molecule has 0 aliphatic heterocycles. The summed E-state index contributed by atoms with van der Waals surface area (Å²) in [4.78, 5) is 28.3. The third-order valence-corrected chi connectivity index (χ3v) is 7.48. The number of hydrogen-bond acceptors (Lipinski definition) is 4. The Labute approximate surface area is 224 Å². The van der Waals surface area contributed by atoms with Gasteiger partial charge in [-0.3, -0.25) is 13.9 Å². The number of benzene rings is 2. The third-order valence-electron chi connectivity index (χ3n) is 5.63. The van der Waals surface area contributed by atoms with Crippen LogP contribution in [-0.4, -0.2) is 50.5 Å². The average Bonchev–Trinajstić information content (AvgIpc) is 2.76. The molecule has 1 unspecified atom stereocenters. The SMILES string of the molecule is CCC(C(=O)NCC(C)C)N(Cc1c(Cl)cccc1Cl)C(=O)CN(c1cc(C)cc(C)c1)S(C)(=O)=O. The first-order valence-corrected chi connectivity index (χ1v) is 14.4. The van der Waals surface area contributed by atoms with Gasteiger partial charge in [-0.1, -0.05) is 56.1 Å². The molecular formula is C26H35Cl2N3O4S. The van der Waals surface area contributed by atoms with Crippen LogP contribution in [0.2, 0.25) is 10.0 Å². The lowest BCUT2D eigenvalue weighted by molar-refractivity contribution is -0.140. The lowest BCUT2D eigenvalue weighted by Crippen LogP contribution is -2.52. The molecule has 36 heavy (non-hydrogen) atoms. The highest BCUT2D eigenvalue weighted by molar-refractivity contribution is 7.92. The van der Waals surface area contributed by atoms with Crippen LogP contribution in [0.4, 0.5) is 5.69 Å². The molecule has 1 atom stereocenters. The van der Waals surface area contributed by atoms with Crippen molar-refractivity contribution in [2.24, 2.45) is 5.92 Å². The van der Waals surface area contributed by atoms with Crippen LogP contribution in [0, 0.1) is 19.8 Å². The standard InChI is InChI=1S/C26H35Cl2N3O4S/c1-7-24(26(33)29-14-17(2)3)30(15-21-22(27)9-8-10-23(21)28)25(32)16-31(36(6,34)35)20-12-18(4)11-19(5)13-20/h8-13,17,24H,7,14-16H2,1-6H3,(H,29,33). The van der Waals surface area contributed by atoms with Crippen molar-refractivity contribution in [1.29, 1.82) is 0 Å². The van der Waals surface area contributed by atoms with Crippen molar-refractivity contribution in [2.75, 3.05) is 23.7 Å². The molecule has 0 radical (unpaired) electrons. The monoisotopic (exact) mass is 555 g/mol. The van der Waals surface area contributed by atoms with Crippen LogP contribution >= 0.6 is 23.2 Å². The maximum atomic E-state index is 13.8. The summed E-state index contributed by atoms with van der Waals surface area (Å²) in [6.07, 6.45) is 1.38. The first-order chi connectivity index (χ1) is 16.7. The van der Waals surface area contributed by atoms with Gasteiger partial charge in [-0.25, -0.2) is 8.42 Å². The highest BCUT2D eigenvalue weighted by atomic mass is 35.5. The minimum absolute atomic E-state index is 0.0462. The van der Waals surface area contributed by atoms with Gasteiger partial charge < -0.3 is 10.2 Å². The van der Waals surface area contributed by atoms with E-state index in [1.807, 2.05) is 33.8 Å². The molecule has 0 heterocycles. The quantitative estimate of drug-likeness (QED) is 0.424. The van der Waals surface area contributed by atoms with Gasteiger partial charge in [-0.05, 0) is 61.6 Å². The molecule has 2 rings (SSSR count). The maximum Gasteiger partial charge on any atom is 0.244 e. The summed E-state index contributed by atoms with van der Waals surface area (Å²) in [6.45, 7) is 9.39. The summed E-state index contributed by atoms with van der Waals surface area (Å²) in [7, 11) is -3.81. The first kappa shape index (κ1) is 29.9. The van der Waals surface area contributed by atoms with Crippen LogP contribution in [0.1, 0.15) is 43.9 Å². The Balaban J connectivity index is 2.51. The Morgan fingerprint density at radius 2 is 1.58 bits per heavy atom. The Kier molecular flexibility index (Phi) is 10.6. The van der Waals surface area contributed by atoms with Gasteiger partial charge in [-0.2, -0.15) is 0 Å². The summed E-state index contributed by atoms with van der Waals surface area (Å²) >= 11 is 12.8. The number of amides is 2. The van der Waals surface area contributed by atoms with Gasteiger partial charge in [0.25, 0.3) is 0 Å². The number of halogens is 2. The van der Waals surface area contributed by atoms with E-state index in [0.717, 1.165) is 21.7 Å². The molecular weight excluding hydrogens is 521 g/mol. The normalized spacial score (nSPS) is 12.4. The lowest BCUT2D eigenvalue weighted by Gasteiger charge is -2.33. The number of hydrogen-bond donors (Lipinski definition) is 1. The number of nitrogens with one attached hydrogen (secondary N) is 1. The van der Waals surface area contributed by atoms with Crippen molar-refractivity contribution in [2.45, 2.75) is 53.6 Å². The maximum absolute atomic E-state index is 13.8. The number of aryl methyl sites for hydroxylation is 2. The zero-order valence-corrected chi connectivity index (χ0v) is 24.0. The number of rotatable bonds is 11. The Bertz CT molecular complexity index is 1160. The molecule has 2 amide bonds. The van der Waals surface area contributed by atoms with Gasteiger partial charge in [0.1, 0.15) is 12.6 Å². The summed E-state index contributed by atoms with van der Waals surface area (Å²) in [5, 5.41) is 3.59. The molecule has 198 valence electrons. The minimum Gasteiger partial charge on any atom is -0.354 e. The Morgan fingerprint density at radius 1 is 1.03 bits per heavy atom. The van der Waals surface area contributed by atoms with Crippen LogP contribution in [0.25, 0.3) is 0 Å². The van der Waals surface area contributed by atoms with Gasteiger partial charge in [0.15, 0.2) is 0 Å². The fourth-order valence-corrected chi connectivity index (χ4v) is 5.25. The van der Waals surface area contributed by atoms with E-state index in [0.29, 0.717) is 34.3 Å². The zero-order chi connectivity index (χ0) is 27.2. The van der Waals surface area contributed by atoms with E-state index in [1.54, 1.807) is 37.3 Å². The van der Waals surface area contributed by atoms with Gasteiger partial charge in [0.2, 0.25) is 21.8 Å². The van der Waals surface area contributed by atoms with Gasteiger partial charge >= 0.3 is 0 Å². The summed E-state index contributed by atoms with van der Waals surface area (Å²) < 4.78 is 26.6. The highest BCUT2D eigenvalue weighted by Crippen LogP contribution is 2.28. The summed E-state index contributed by atoms with van der Waals surface area (Å²) in [6, 6.07) is 9.51. The van der Waals surface area contributed by atoms with Crippen LogP contribution in [0.15, 0.2) is 36.4 Å². The van der Waals surface area contributed by atoms with Crippen molar-refractivity contribution in [3.63, 3.8) is 0 Å². The van der Waals surface area contributed by atoms with Crippen LogP contribution in [0.5, 0.6) is 0 Å². The van der Waals surface area contributed by atoms with Crippen LogP contribution < -0.4 is 9.62 Å². The second kappa shape index (κ2) is 12.8. The van der Waals surface area contributed by atoms with E-state index in [-0.39, 0.29) is 18.4 Å². The van der Waals surface area contributed by atoms with E-state index >= 15 is 0 Å². The Morgan fingerprint density at radius 3 is 2.06 bits per heavy atom. The van der Waals surface area contributed by atoms with E-state index in [2.05, 4.69) is 5.32 Å². The van der Waals surface area contributed by atoms with Crippen LogP contribution in [-0.2, 0) is 26.2 Å². The van der Waals surface area contributed by atoms with Crippen molar-refractivity contribution >= 4 is 50.7 Å². The molecule has 1 N–H and O–H groups in total. The molecule has 2 aromatic rings. The minimum atomic E-state index is -3.81. The zero-order valence-electron chi connectivity index (χ0n) is 21.6. The van der Waals surface area contributed by atoms with Gasteiger partial charge in [-0.15, -0.1) is 0 Å². The number of carbonyl (C=O) groups excluding carboxylic acids is 2. The van der Waals surface area contributed by atoms with Crippen molar-refractivity contribution in [1.82, 2.24) is 10.2 Å². The van der Waals surface area contributed by atoms with Crippen molar-refractivity contribution in [3.8, 4) is 0 Å². The topological polar surface area (TPSA) is 86.8 Å². The predicted octanol–water partition coefficient (Wildman–Crippen LogP) is 4.96. The second-order valence-corrected chi connectivity index (χ2v) is 12.1. The molecule has 0 aliphatic rings. The molecule has 0 bridgehead atoms. The molecule has 10 heteroatoms. The first-order valence-electron chi connectivity index (χ1n) is 11.8. The third kappa shape index (κ3) is 8.11. The molecule has 0 saturated heterocycles. The highest BCUT2D eigenvalue weighted by Gasteiger charge is 2.32. The van der Waals surface area contributed by atoms with E-state index < -0.39 is 28.5 Å². The predicted molar refractivity (Wildman–Crippen MR) is 147 cm³/mol. The van der Waals surface area contributed by atoms with Crippen LogP contribution in [0.3, 0.4) is 0 Å². The lowest BCUT2D eigenvalue weighted by atomic mass is 10.1. The molecule has 0 spiro atoms. The molecule has 0 fully saturated rings. The average molecular weight is 557 g/mol. The fraction of sp³-hybridized carbons (Fsp3) is 0.462. The second-order valence-electron chi connectivity index (χ2n) is 9.40. The van der Waals surface area contributed by atoms with Gasteiger partial charge in [0.05, 0.1) is 11.9 Å². The summed E-state index contributed by atoms with van der Waals surface area (Å²) in [5.74, 6) is -0.638. The Hall–Kier alpha value is -2.29. The van der Waals surface area contributed by atoms with Crippen molar-refractivity contribution in [3.05, 3.63) is 63.1 Å². The number of nitrogens with zero attached hydrogens (tertiary/aromatic N) is 2. The summed E-state index contributed by atoms with van der Waals surface area (Å²) in [5.41, 5.74) is 2.61. The molecule has 0 saturated carbocycles. The number of anilines is 1. The largest absolute Gasteiger partial charge is 0.354 e. The molecule has 0 aliphatic carbocycles. The van der Waals surface area contributed by atoms with E-state index in [4.69, 9.17) is 23.2 Å².